The molecular formula is C13H19NO3S2. The SMILES string of the molecule is CCc1cc(C(=O)N(C)[C@H]2CCS(=O)(=O)C2)sc1C. The fraction of sp³-hybridized carbons (Fsp3) is 0.615. The zero-order chi connectivity index (χ0) is 14.2. The van der Waals surface area contributed by atoms with Gasteiger partial charge in [-0.3, -0.25) is 4.79 Å². The van der Waals surface area contributed by atoms with E-state index in [1.54, 1.807) is 11.9 Å². The van der Waals surface area contributed by atoms with Crippen LogP contribution >= 0.6 is 11.3 Å². The summed E-state index contributed by atoms with van der Waals surface area (Å²) in [6.07, 6.45) is 1.46. The van der Waals surface area contributed by atoms with Crippen molar-refractivity contribution >= 4 is 27.1 Å². The first kappa shape index (κ1) is 14.5. The van der Waals surface area contributed by atoms with Crippen molar-refractivity contribution in [3.05, 3.63) is 21.4 Å². The summed E-state index contributed by atoms with van der Waals surface area (Å²) in [7, 11) is -1.25. The molecule has 1 atom stereocenters. The van der Waals surface area contributed by atoms with Crippen LogP contribution in [-0.4, -0.2) is 43.8 Å². The third-order valence-corrected chi connectivity index (χ3v) is 6.52. The topological polar surface area (TPSA) is 54.5 Å². The summed E-state index contributed by atoms with van der Waals surface area (Å²) in [6.45, 7) is 4.08. The van der Waals surface area contributed by atoms with Crippen molar-refractivity contribution in [3.8, 4) is 0 Å². The van der Waals surface area contributed by atoms with Crippen LogP contribution in [0, 0.1) is 6.92 Å². The van der Waals surface area contributed by atoms with Crippen molar-refractivity contribution in [2.24, 2.45) is 0 Å². The monoisotopic (exact) mass is 301 g/mol. The second-order valence-corrected chi connectivity index (χ2v) is 8.50. The van der Waals surface area contributed by atoms with Gasteiger partial charge in [-0.2, -0.15) is 0 Å². The molecule has 6 heteroatoms. The second kappa shape index (κ2) is 5.25. The zero-order valence-electron chi connectivity index (χ0n) is 11.5. The Morgan fingerprint density at radius 2 is 2.21 bits per heavy atom. The fourth-order valence-electron chi connectivity index (χ4n) is 2.40. The lowest BCUT2D eigenvalue weighted by atomic mass is 10.2. The molecule has 0 radical (unpaired) electrons. The maximum atomic E-state index is 12.4. The van der Waals surface area contributed by atoms with Gasteiger partial charge in [-0.25, -0.2) is 8.42 Å². The molecule has 106 valence electrons. The van der Waals surface area contributed by atoms with Crippen LogP contribution in [0.2, 0.25) is 0 Å². The van der Waals surface area contributed by atoms with Gasteiger partial charge in [-0.05, 0) is 31.4 Å². The number of nitrogens with zero attached hydrogens (tertiary/aromatic N) is 1. The molecule has 1 aliphatic rings. The van der Waals surface area contributed by atoms with Crippen LogP contribution in [0.15, 0.2) is 6.07 Å². The number of thiophene rings is 1. The number of hydrogen-bond donors (Lipinski definition) is 0. The Bertz CT molecular complexity index is 589. The highest BCUT2D eigenvalue weighted by atomic mass is 32.2. The van der Waals surface area contributed by atoms with E-state index in [0.29, 0.717) is 11.3 Å². The third-order valence-electron chi connectivity index (χ3n) is 3.69. The number of carbonyl (C=O) groups is 1. The molecule has 2 heterocycles. The van der Waals surface area contributed by atoms with Gasteiger partial charge in [0.05, 0.1) is 16.4 Å². The normalized spacial score (nSPS) is 21.5. The maximum absolute atomic E-state index is 12.4. The first-order chi connectivity index (χ1) is 8.84. The Labute approximate surface area is 118 Å². The van der Waals surface area contributed by atoms with Crippen LogP contribution in [0.25, 0.3) is 0 Å². The molecule has 0 bridgehead atoms. The van der Waals surface area contributed by atoms with Crippen LogP contribution in [0.1, 0.15) is 33.5 Å². The van der Waals surface area contributed by atoms with E-state index < -0.39 is 9.84 Å². The average Bonchev–Trinajstić information content (AvgIpc) is 2.90. The highest BCUT2D eigenvalue weighted by Gasteiger charge is 2.33. The van der Waals surface area contributed by atoms with E-state index in [1.807, 2.05) is 13.0 Å². The molecule has 1 fully saturated rings. The minimum atomic E-state index is -2.95. The van der Waals surface area contributed by atoms with E-state index in [0.717, 1.165) is 6.42 Å². The molecule has 0 saturated carbocycles. The van der Waals surface area contributed by atoms with Gasteiger partial charge in [0.15, 0.2) is 9.84 Å². The van der Waals surface area contributed by atoms with Crippen LogP contribution in [0.3, 0.4) is 0 Å². The molecule has 0 unspecified atom stereocenters. The summed E-state index contributed by atoms with van der Waals surface area (Å²) < 4.78 is 22.9. The van der Waals surface area contributed by atoms with E-state index in [9.17, 15) is 13.2 Å². The minimum Gasteiger partial charge on any atom is -0.337 e. The molecule has 0 aliphatic carbocycles. The van der Waals surface area contributed by atoms with Crippen molar-refractivity contribution < 1.29 is 13.2 Å². The van der Waals surface area contributed by atoms with E-state index in [4.69, 9.17) is 0 Å². The number of sulfone groups is 1. The quantitative estimate of drug-likeness (QED) is 0.856. The lowest BCUT2D eigenvalue weighted by molar-refractivity contribution is 0.0752. The number of aryl methyl sites for hydroxylation is 2. The maximum Gasteiger partial charge on any atom is 0.263 e. The summed E-state index contributed by atoms with van der Waals surface area (Å²) in [5.74, 6) is 0.231. The molecule has 1 amide bonds. The fourth-order valence-corrected chi connectivity index (χ4v) is 5.27. The lowest BCUT2D eigenvalue weighted by Gasteiger charge is -2.22. The predicted octanol–water partition coefficient (Wildman–Crippen LogP) is 1.88. The van der Waals surface area contributed by atoms with Crippen LogP contribution in [-0.2, 0) is 16.3 Å². The van der Waals surface area contributed by atoms with Crippen molar-refractivity contribution in [2.45, 2.75) is 32.7 Å². The number of amides is 1. The molecule has 1 aromatic heterocycles. The molecule has 0 aromatic carbocycles. The van der Waals surface area contributed by atoms with Crippen molar-refractivity contribution in [1.29, 1.82) is 0 Å². The van der Waals surface area contributed by atoms with Crippen molar-refractivity contribution in [2.75, 3.05) is 18.6 Å². The smallest absolute Gasteiger partial charge is 0.263 e. The summed E-state index contributed by atoms with van der Waals surface area (Å²) in [4.78, 5) is 15.8. The molecule has 1 aliphatic heterocycles. The summed E-state index contributed by atoms with van der Waals surface area (Å²) in [6, 6.07) is 1.76. The van der Waals surface area contributed by atoms with Gasteiger partial charge in [0, 0.05) is 18.0 Å². The van der Waals surface area contributed by atoms with E-state index in [-0.39, 0.29) is 23.5 Å². The van der Waals surface area contributed by atoms with Gasteiger partial charge in [0.25, 0.3) is 5.91 Å². The van der Waals surface area contributed by atoms with Crippen molar-refractivity contribution in [1.82, 2.24) is 4.90 Å². The number of carbonyl (C=O) groups excluding carboxylic acids is 1. The Morgan fingerprint density at radius 3 is 2.68 bits per heavy atom. The van der Waals surface area contributed by atoms with E-state index >= 15 is 0 Å². The van der Waals surface area contributed by atoms with Gasteiger partial charge >= 0.3 is 0 Å². The van der Waals surface area contributed by atoms with Gasteiger partial charge < -0.3 is 4.90 Å². The molecule has 19 heavy (non-hydrogen) atoms. The largest absolute Gasteiger partial charge is 0.337 e. The lowest BCUT2D eigenvalue weighted by Crippen LogP contribution is -2.37. The molecule has 1 saturated heterocycles. The molecule has 4 nitrogen and oxygen atoms in total. The molecule has 1 aromatic rings. The predicted molar refractivity (Wildman–Crippen MR) is 77.6 cm³/mol. The van der Waals surface area contributed by atoms with Gasteiger partial charge in [-0.15, -0.1) is 11.3 Å². The van der Waals surface area contributed by atoms with Crippen LogP contribution in [0.4, 0.5) is 0 Å². The van der Waals surface area contributed by atoms with E-state index in [2.05, 4.69) is 6.92 Å². The van der Waals surface area contributed by atoms with Crippen molar-refractivity contribution in [3.63, 3.8) is 0 Å². The van der Waals surface area contributed by atoms with Gasteiger partial charge in [-0.1, -0.05) is 6.92 Å². The Kier molecular flexibility index (Phi) is 4.01. The van der Waals surface area contributed by atoms with Crippen LogP contribution < -0.4 is 0 Å². The summed E-state index contributed by atoms with van der Waals surface area (Å²) >= 11 is 1.49. The Balaban J connectivity index is 2.15. The standard InChI is InChI=1S/C13H19NO3S2/c1-4-10-7-12(18-9(10)2)13(15)14(3)11-5-6-19(16,17)8-11/h7,11H,4-6,8H2,1-3H3/t11-/m0/s1. The first-order valence-electron chi connectivity index (χ1n) is 6.41. The van der Waals surface area contributed by atoms with E-state index in [1.165, 1.54) is 21.8 Å². The van der Waals surface area contributed by atoms with Gasteiger partial charge in [0.1, 0.15) is 0 Å². The molecule has 0 N–H and O–H groups in total. The Hall–Kier alpha value is -0.880. The van der Waals surface area contributed by atoms with Gasteiger partial charge in [0.2, 0.25) is 0 Å². The molecule has 0 spiro atoms. The number of rotatable bonds is 3. The highest BCUT2D eigenvalue weighted by molar-refractivity contribution is 7.91. The molecular weight excluding hydrogens is 282 g/mol. The second-order valence-electron chi connectivity index (χ2n) is 5.02. The summed E-state index contributed by atoms with van der Waals surface area (Å²) in [5, 5.41) is 0. The number of hydrogen-bond acceptors (Lipinski definition) is 4. The molecule has 2 rings (SSSR count). The first-order valence-corrected chi connectivity index (χ1v) is 9.04. The zero-order valence-corrected chi connectivity index (χ0v) is 13.1. The highest BCUT2D eigenvalue weighted by Crippen LogP contribution is 2.25. The Morgan fingerprint density at radius 1 is 1.53 bits per heavy atom. The van der Waals surface area contributed by atoms with Crippen LogP contribution in [0.5, 0.6) is 0 Å². The third kappa shape index (κ3) is 3.00. The minimum absolute atomic E-state index is 0.0603. The average molecular weight is 301 g/mol. The summed E-state index contributed by atoms with van der Waals surface area (Å²) in [5.41, 5.74) is 1.20.